The Morgan fingerprint density at radius 2 is 1.97 bits per heavy atom. The zero-order valence-electron chi connectivity index (χ0n) is 17.5. The number of aromatic nitrogens is 3. The van der Waals surface area contributed by atoms with Crippen molar-refractivity contribution in [1.29, 1.82) is 0 Å². The van der Waals surface area contributed by atoms with Gasteiger partial charge in [-0.2, -0.15) is 0 Å². The van der Waals surface area contributed by atoms with Crippen LogP contribution in [0.3, 0.4) is 0 Å². The van der Waals surface area contributed by atoms with Gasteiger partial charge in [0.1, 0.15) is 0 Å². The molecule has 160 valence electrons. The standard InChI is InChI=1S/C22H29N5O3/c1-15-12-19(30-25-15)18-13-23-22(26-8-10-29-11-9-26)24-20(18)17-6-3-7-27(14-17)21(28)16-4-2-5-16/h12-13,16-17H,2-11,14H2,1H3. The second kappa shape index (κ2) is 8.34. The van der Waals surface area contributed by atoms with E-state index in [9.17, 15) is 4.79 Å². The fourth-order valence-electron chi connectivity index (χ4n) is 4.61. The van der Waals surface area contributed by atoms with Gasteiger partial charge >= 0.3 is 0 Å². The summed E-state index contributed by atoms with van der Waals surface area (Å²) in [5, 5.41) is 4.05. The van der Waals surface area contributed by atoms with Crippen LogP contribution in [0, 0.1) is 12.8 Å². The summed E-state index contributed by atoms with van der Waals surface area (Å²) >= 11 is 0. The summed E-state index contributed by atoms with van der Waals surface area (Å²) < 4.78 is 11.0. The van der Waals surface area contributed by atoms with E-state index < -0.39 is 0 Å². The molecule has 2 saturated heterocycles. The van der Waals surface area contributed by atoms with Gasteiger partial charge in [0.25, 0.3) is 0 Å². The first kappa shape index (κ1) is 19.5. The van der Waals surface area contributed by atoms with Crippen molar-refractivity contribution in [3.05, 3.63) is 23.7 Å². The van der Waals surface area contributed by atoms with Crippen LogP contribution in [0.25, 0.3) is 11.3 Å². The third kappa shape index (κ3) is 3.80. The zero-order chi connectivity index (χ0) is 20.5. The smallest absolute Gasteiger partial charge is 0.225 e. The molecule has 30 heavy (non-hydrogen) atoms. The van der Waals surface area contributed by atoms with Crippen LogP contribution >= 0.6 is 0 Å². The molecule has 1 unspecified atom stereocenters. The van der Waals surface area contributed by atoms with Crippen LogP contribution < -0.4 is 4.90 Å². The number of aryl methyl sites for hydroxylation is 1. The Morgan fingerprint density at radius 3 is 2.67 bits per heavy atom. The number of amides is 1. The Bertz CT molecular complexity index is 904. The maximum Gasteiger partial charge on any atom is 0.225 e. The topological polar surface area (TPSA) is 84.6 Å². The average Bonchev–Trinajstić information content (AvgIpc) is 3.19. The molecule has 8 nitrogen and oxygen atoms in total. The van der Waals surface area contributed by atoms with E-state index in [0.29, 0.717) is 24.9 Å². The minimum atomic E-state index is 0.172. The highest BCUT2D eigenvalue weighted by Crippen LogP contribution is 2.36. The van der Waals surface area contributed by atoms with E-state index >= 15 is 0 Å². The van der Waals surface area contributed by atoms with E-state index in [1.54, 1.807) is 0 Å². The quantitative estimate of drug-likeness (QED) is 0.765. The summed E-state index contributed by atoms with van der Waals surface area (Å²) in [4.78, 5) is 26.8. The van der Waals surface area contributed by atoms with E-state index in [-0.39, 0.29) is 11.8 Å². The van der Waals surface area contributed by atoms with Crippen LogP contribution in [0.15, 0.2) is 16.8 Å². The molecule has 2 aromatic heterocycles. The molecule has 4 heterocycles. The molecule has 0 spiro atoms. The Hall–Kier alpha value is -2.48. The third-order valence-electron chi connectivity index (χ3n) is 6.57. The Kier molecular flexibility index (Phi) is 5.41. The molecule has 1 aliphatic carbocycles. The third-order valence-corrected chi connectivity index (χ3v) is 6.57. The first-order valence-electron chi connectivity index (χ1n) is 11.1. The van der Waals surface area contributed by atoms with Gasteiger partial charge in [0.15, 0.2) is 5.76 Å². The number of rotatable bonds is 4. The Morgan fingerprint density at radius 1 is 1.13 bits per heavy atom. The lowest BCUT2D eigenvalue weighted by Crippen LogP contribution is -2.44. The summed E-state index contributed by atoms with van der Waals surface area (Å²) in [7, 11) is 0. The minimum Gasteiger partial charge on any atom is -0.378 e. The maximum atomic E-state index is 12.9. The van der Waals surface area contributed by atoms with E-state index in [0.717, 1.165) is 74.8 Å². The number of carbonyl (C=O) groups excluding carboxylic acids is 1. The molecular weight excluding hydrogens is 382 g/mol. The number of hydrogen-bond acceptors (Lipinski definition) is 7. The van der Waals surface area contributed by atoms with E-state index in [2.05, 4.69) is 19.9 Å². The van der Waals surface area contributed by atoms with Crippen molar-refractivity contribution in [2.24, 2.45) is 5.92 Å². The predicted octanol–water partition coefficient (Wildman–Crippen LogP) is 2.78. The summed E-state index contributed by atoms with van der Waals surface area (Å²) in [5.41, 5.74) is 2.68. The van der Waals surface area contributed by atoms with Gasteiger partial charge in [-0.25, -0.2) is 9.97 Å². The Balaban J connectivity index is 1.46. The molecule has 2 aromatic rings. The molecule has 0 bridgehead atoms. The Labute approximate surface area is 176 Å². The number of anilines is 1. The zero-order valence-corrected chi connectivity index (χ0v) is 17.5. The highest BCUT2D eigenvalue weighted by atomic mass is 16.5. The van der Waals surface area contributed by atoms with Crippen LogP contribution in [0.5, 0.6) is 0 Å². The highest BCUT2D eigenvalue weighted by molar-refractivity contribution is 5.79. The van der Waals surface area contributed by atoms with Gasteiger partial charge in [-0.15, -0.1) is 0 Å². The average molecular weight is 412 g/mol. The fourth-order valence-corrected chi connectivity index (χ4v) is 4.61. The fraction of sp³-hybridized carbons (Fsp3) is 0.636. The van der Waals surface area contributed by atoms with Crippen LogP contribution in [0.1, 0.15) is 49.4 Å². The molecule has 8 heteroatoms. The normalized spacial score (nSPS) is 22.8. The molecular formula is C22H29N5O3. The van der Waals surface area contributed by atoms with Gasteiger partial charge in [0, 0.05) is 50.3 Å². The van der Waals surface area contributed by atoms with Crippen molar-refractivity contribution >= 4 is 11.9 Å². The van der Waals surface area contributed by atoms with Crippen LogP contribution in [-0.4, -0.2) is 65.3 Å². The van der Waals surface area contributed by atoms with Gasteiger partial charge < -0.3 is 19.1 Å². The number of morpholine rings is 1. The molecule has 0 N–H and O–H groups in total. The molecule has 5 rings (SSSR count). The monoisotopic (exact) mass is 411 g/mol. The largest absolute Gasteiger partial charge is 0.378 e. The molecule has 0 radical (unpaired) electrons. The number of piperidine rings is 1. The van der Waals surface area contributed by atoms with Gasteiger partial charge in [0.2, 0.25) is 11.9 Å². The number of likely N-dealkylation sites (tertiary alicyclic amines) is 1. The number of nitrogens with zero attached hydrogens (tertiary/aromatic N) is 5. The summed E-state index contributed by atoms with van der Waals surface area (Å²) in [6.07, 6.45) is 7.12. The van der Waals surface area contributed by atoms with Crippen molar-refractivity contribution in [2.75, 3.05) is 44.3 Å². The lowest BCUT2D eigenvalue weighted by Gasteiger charge is -2.37. The van der Waals surface area contributed by atoms with Gasteiger partial charge in [0.05, 0.1) is 30.2 Å². The molecule has 1 atom stereocenters. The number of ether oxygens (including phenoxy) is 1. The summed E-state index contributed by atoms with van der Waals surface area (Å²) in [5.74, 6) is 2.15. The molecule has 1 amide bonds. The summed E-state index contributed by atoms with van der Waals surface area (Å²) in [6, 6.07) is 1.93. The molecule has 3 aliphatic rings. The van der Waals surface area contributed by atoms with Crippen LogP contribution in [0.2, 0.25) is 0 Å². The van der Waals surface area contributed by atoms with Gasteiger partial charge in [-0.1, -0.05) is 11.6 Å². The lowest BCUT2D eigenvalue weighted by molar-refractivity contribution is -0.139. The first-order valence-corrected chi connectivity index (χ1v) is 11.1. The highest BCUT2D eigenvalue weighted by Gasteiger charge is 2.34. The van der Waals surface area contributed by atoms with Crippen molar-refractivity contribution in [3.63, 3.8) is 0 Å². The van der Waals surface area contributed by atoms with E-state index in [4.69, 9.17) is 14.2 Å². The van der Waals surface area contributed by atoms with Crippen molar-refractivity contribution in [1.82, 2.24) is 20.0 Å². The second-order valence-corrected chi connectivity index (χ2v) is 8.65. The molecule has 2 aliphatic heterocycles. The van der Waals surface area contributed by atoms with Crippen molar-refractivity contribution in [3.8, 4) is 11.3 Å². The molecule has 0 aromatic carbocycles. The summed E-state index contributed by atoms with van der Waals surface area (Å²) in [6.45, 7) is 6.44. The van der Waals surface area contributed by atoms with E-state index in [1.165, 1.54) is 6.42 Å². The molecule has 1 saturated carbocycles. The molecule has 3 fully saturated rings. The van der Waals surface area contributed by atoms with Gasteiger partial charge in [-0.3, -0.25) is 4.79 Å². The number of hydrogen-bond donors (Lipinski definition) is 0. The second-order valence-electron chi connectivity index (χ2n) is 8.65. The predicted molar refractivity (Wildman–Crippen MR) is 111 cm³/mol. The van der Waals surface area contributed by atoms with Crippen molar-refractivity contribution < 1.29 is 14.1 Å². The maximum absolute atomic E-state index is 12.9. The number of carbonyl (C=O) groups is 1. The van der Waals surface area contributed by atoms with Crippen LogP contribution in [0.4, 0.5) is 5.95 Å². The minimum absolute atomic E-state index is 0.172. The van der Waals surface area contributed by atoms with Gasteiger partial charge in [-0.05, 0) is 32.6 Å². The lowest BCUT2D eigenvalue weighted by atomic mass is 9.83. The van der Waals surface area contributed by atoms with Crippen molar-refractivity contribution in [2.45, 2.75) is 44.9 Å². The van der Waals surface area contributed by atoms with E-state index in [1.807, 2.05) is 19.2 Å². The first-order chi connectivity index (χ1) is 14.7. The SMILES string of the molecule is Cc1cc(-c2cnc(N3CCOCC3)nc2C2CCCN(C(=O)C3CCC3)C2)on1. The van der Waals surface area contributed by atoms with Crippen LogP contribution in [-0.2, 0) is 9.53 Å².